The van der Waals surface area contributed by atoms with E-state index in [1.807, 2.05) is 42.5 Å². The lowest BCUT2D eigenvalue weighted by atomic mass is 9.92. The van der Waals surface area contributed by atoms with Crippen LogP contribution in [0.15, 0.2) is 211 Å². The van der Waals surface area contributed by atoms with Gasteiger partial charge in [0.2, 0.25) is 5.89 Å². The Balaban J connectivity index is 1.04. The van der Waals surface area contributed by atoms with Crippen LogP contribution in [0.5, 0.6) is 0 Å². The summed E-state index contributed by atoms with van der Waals surface area (Å²) in [5.41, 5.74) is 12.0. The van der Waals surface area contributed by atoms with Gasteiger partial charge in [-0.1, -0.05) is 182 Å². The minimum absolute atomic E-state index is 0.590. The number of hydrogen-bond acceptors (Lipinski definition) is 6. The van der Waals surface area contributed by atoms with Crippen LogP contribution in [0, 0.1) is 0 Å². The molecule has 0 fully saturated rings. The molecular formula is C56H34N4OS. The average molecular weight is 811 g/mol. The van der Waals surface area contributed by atoms with Crippen molar-refractivity contribution in [3.05, 3.63) is 206 Å². The summed E-state index contributed by atoms with van der Waals surface area (Å²) in [5, 5.41) is 4.44. The molecule has 9 aromatic carbocycles. The Morgan fingerprint density at radius 3 is 1.45 bits per heavy atom. The third kappa shape index (κ3) is 6.24. The minimum atomic E-state index is 0.590. The lowest BCUT2D eigenvalue weighted by Gasteiger charge is -2.13. The van der Waals surface area contributed by atoms with E-state index >= 15 is 0 Å². The van der Waals surface area contributed by atoms with E-state index in [4.69, 9.17) is 24.4 Å². The molecule has 6 heteroatoms. The van der Waals surface area contributed by atoms with Gasteiger partial charge in [0, 0.05) is 48.0 Å². The maximum atomic E-state index is 6.90. The zero-order valence-corrected chi connectivity index (χ0v) is 34.1. The van der Waals surface area contributed by atoms with Gasteiger partial charge in [-0.3, -0.25) is 0 Å². The predicted molar refractivity (Wildman–Crippen MR) is 256 cm³/mol. The number of nitrogens with zero attached hydrogens (tertiary/aromatic N) is 4. The molecule has 0 unspecified atom stereocenters. The Morgan fingerprint density at radius 2 is 0.806 bits per heavy atom. The van der Waals surface area contributed by atoms with Gasteiger partial charge in [0.15, 0.2) is 23.1 Å². The van der Waals surface area contributed by atoms with Crippen molar-refractivity contribution >= 4 is 53.4 Å². The monoisotopic (exact) mass is 810 g/mol. The first-order valence-electron chi connectivity index (χ1n) is 20.6. The molecule has 0 saturated heterocycles. The molecule has 12 rings (SSSR count). The smallest absolute Gasteiger partial charge is 0.227 e. The highest BCUT2D eigenvalue weighted by molar-refractivity contribution is 7.26. The standard InChI is InChI=1S/C56H34N4OS/c1-4-14-35(15-5-1)37-26-30-40(31-27-37)54-58-53(39-18-8-3-9-19-39)59-55(60-54)45-24-13-21-42-43(45)22-12-23-44(42)51-50-46-20-10-11-25-48(46)62-49(50)34-47-52(51)61-56(57-47)41-32-28-38(29-33-41)36-16-6-2-7-17-36/h1-34H. The van der Waals surface area contributed by atoms with Gasteiger partial charge in [-0.05, 0) is 62.9 Å². The maximum absolute atomic E-state index is 6.90. The Kier molecular flexibility index (Phi) is 8.61. The van der Waals surface area contributed by atoms with Crippen molar-refractivity contribution in [3.8, 4) is 79.0 Å². The van der Waals surface area contributed by atoms with Crippen LogP contribution < -0.4 is 0 Å². The molecule has 290 valence electrons. The molecule has 62 heavy (non-hydrogen) atoms. The third-order valence-corrected chi connectivity index (χ3v) is 12.7. The lowest BCUT2D eigenvalue weighted by Crippen LogP contribution is -2.00. The fourth-order valence-corrected chi connectivity index (χ4v) is 9.74. The number of oxazole rings is 1. The van der Waals surface area contributed by atoms with Crippen LogP contribution >= 0.6 is 11.3 Å². The number of rotatable bonds is 7. The second kappa shape index (κ2) is 14.9. The van der Waals surface area contributed by atoms with Gasteiger partial charge in [-0.25, -0.2) is 19.9 Å². The van der Waals surface area contributed by atoms with Crippen molar-refractivity contribution in [1.82, 2.24) is 19.9 Å². The Morgan fingerprint density at radius 1 is 0.339 bits per heavy atom. The van der Waals surface area contributed by atoms with Gasteiger partial charge in [-0.2, -0.15) is 0 Å². The summed E-state index contributed by atoms with van der Waals surface area (Å²) in [6, 6.07) is 71.5. The number of thiophene rings is 1. The molecule has 5 nitrogen and oxygen atoms in total. The number of aromatic nitrogens is 4. The first-order valence-corrected chi connectivity index (χ1v) is 21.4. The van der Waals surface area contributed by atoms with Crippen LogP contribution in [0.4, 0.5) is 0 Å². The molecule has 0 bridgehead atoms. The molecule has 0 aliphatic rings. The van der Waals surface area contributed by atoms with Crippen LogP contribution in [-0.4, -0.2) is 19.9 Å². The fraction of sp³-hybridized carbons (Fsp3) is 0. The molecule has 0 aliphatic carbocycles. The van der Waals surface area contributed by atoms with E-state index < -0.39 is 0 Å². The van der Waals surface area contributed by atoms with Crippen molar-refractivity contribution < 1.29 is 4.42 Å². The average Bonchev–Trinajstić information content (AvgIpc) is 3.95. The van der Waals surface area contributed by atoms with E-state index in [2.05, 4.69) is 164 Å². The molecule has 3 aromatic heterocycles. The van der Waals surface area contributed by atoms with E-state index in [9.17, 15) is 0 Å². The van der Waals surface area contributed by atoms with Gasteiger partial charge in [0.05, 0.1) is 0 Å². The Hall–Kier alpha value is -8.06. The van der Waals surface area contributed by atoms with Crippen LogP contribution in [0.1, 0.15) is 0 Å². The third-order valence-electron chi connectivity index (χ3n) is 11.6. The summed E-state index contributed by atoms with van der Waals surface area (Å²) in [5.74, 6) is 2.43. The SMILES string of the molecule is c1ccc(-c2ccc(-c3nc(-c4ccccc4)nc(-c4cccc5c(-c6c7oc(-c8ccc(-c9ccccc9)cc8)nc7cc7sc8ccccc8c67)cccc45)n3)cc2)cc1. The second-order valence-corrected chi connectivity index (χ2v) is 16.4. The molecule has 3 heterocycles. The van der Waals surface area contributed by atoms with Gasteiger partial charge in [0.1, 0.15) is 5.52 Å². The van der Waals surface area contributed by atoms with Gasteiger partial charge >= 0.3 is 0 Å². The van der Waals surface area contributed by atoms with Crippen LogP contribution in [0.3, 0.4) is 0 Å². The van der Waals surface area contributed by atoms with Crippen molar-refractivity contribution in [2.24, 2.45) is 0 Å². The van der Waals surface area contributed by atoms with Crippen LogP contribution in [0.2, 0.25) is 0 Å². The number of fused-ring (bicyclic) bond motifs is 5. The maximum Gasteiger partial charge on any atom is 0.227 e. The van der Waals surface area contributed by atoms with E-state index in [0.29, 0.717) is 23.4 Å². The van der Waals surface area contributed by atoms with Crippen LogP contribution in [-0.2, 0) is 0 Å². The molecule has 0 atom stereocenters. The molecule has 0 N–H and O–H groups in total. The zero-order chi connectivity index (χ0) is 41.0. The van der Waals surface area contributed by atoms with E-state index in [1.54, 1.807) is 11.3 Å². The van der Waals surface area contributed by atoms with E-state index in [0.717, 1.165) is 82.0 Å². The van der Waals surface area contributed by atoms with Gasteiger partial charge < -0.3 is 4.42 Å². The minimum Gasteiger partial charge on any atom is -0.435 e. The Bertz CT molecular complexity index is 3600. The van der Waals surface area contributed by atoms with Crippen molar-refractivity contribution in [3.63, 3.8) is 0 Å². The summed E-state index contributed by atoms with van der Waals surface area (Å²) in [6.45, 7) is 0. The summed E-state index contributed by atoms with van der Waals surface area (Å²) in [7, 11) is 0. The van der Waals surface area contributed by atoms with E-state index in [-0.39, 0.29) is 0 Å². The fourth-order valence-electron chi connectivity index (χ4n) is 8.59. The van der Waals surface area contributed by atoms with Crippen molar-refractivity contribution in [1.29, 1.82) is 0 Å². The van der Waals surface area contributed by atoms with Crippen molar-refractivity contribution in [2.75, 3.05) is 0 Å². The molecule has 0 spiro atoms. The predicted octanol–water partition coefficient (Wildman–Crippen LogP) is 15.2. The van der Waals surface area contributed by atoms with Crippen LogP contribution in [0.25, 0.3) is 121 Å². The number of benzene rings is 9. The topological polar surface area (TPSA) is 64.7 Å². The van der Waals surface area contributed by atoms with E-state index in [1.165, 1.54) is 15.6 Å². The van der Waals surface area contributed by atoms with Crippen molar-refractivity contribution in [2.45, 2.75) is 0 Å². The quantitative estimate of drug-likeness (QED) is 0.160. The summed E-state index contributed by atoms with van der Waals surface area (Å²) >= 11 is 1.79. The highest BCUT2D eigenvalue weighted by Crippen LogP contribution is 2.47. The Labute approximate surface area is 361 Å². The highest BCUT2D eigenvalue weighted by Gasteiger charge is 2.23. The largest absolute Gasteiger partial charge is 0.435 e. The molecule has 0 aliphatic heterocycles. The lowest BCUT2D eigenvalue weighted by molar-refractivity contribution is 0.621. The highest BCUT2D eigenvalue weighted by atomic mass is 32.1. The first-order chi connectivity index (χ1) is 30.7. The molecule has 0 amide bonds. The molecular weight excluding hydrogens is 777 g/mol. The summed E-state index contributed by atoms with van der Waals surface area (Å²) in [4.78, 5) is 20.6. The second-order valence-electron chi connectivity index (χ2n) is 15.4. The first kappa shape index (κ1) is 35.8. The molecule has 0 saturated carbocycles. The summed E-state index contributed by atoms with van der Waals surface area (Å²) < 4.78 is 9.28. The normalized spacial score (nSPS) is 11.5. The molecule has 0 radical (unpaired) electrons. The van der Waals surface area contributed by atoms with Gasteiger partial charge in [-0.15, -0.1) is 11.3 Å². The zero-order valence-electron chi connectivity index (χ0n) is 33.2. The van der Waals surface area contributed by atoms with Gasteiger partial charge in [0.25, 0.3) is 0 Å². The number of hydrogen-bond donors (Lipinski definition) is 0. The molecule has 12 aromatic rings. The summed E-state index contributed by atoms with van der Waals surface area (Å²) in [6.07, 6.45) is 0.